The molecule has 1 aliphatic heterocycles. The maximum absolute atomic E-state index is 14.8. The predicted octanol–water partition coefficient (Wildman–Crippen LogP) is 3.80. The van der Waals surface area contributed by atoms with Crippen molar-refractivity contribution in [1.82, 2.24) is 9.97 Å². The van der Waals surface area contributed by atoms with Crippen LogP contribution in [-0.2, 0) is 11.4 Å². The molecule has 3 aromatic rings. The number of rotatable bonds is 3. The Morgan fingerprint density at radius 1 is 1.04 bits per heavy atom. The first kappa shape index (κ1) is 17.8. The van der Waals surface area contributed by atoms with Gasteiger partial charge in [-0.05, 0) is 36.6 Å². The van der Waals surface area contributed by atoms with Gasteiger partial charge in [0.1, 0.15) is 17.4 Å². The number of nitrogens with two attached hydrogens (primary N) is 1. The van der Waals surface area contributed by atoms with Crippen molar-refractivity contribution in [2.24, 2.45) is 0 Å². The second-order valence-corrected chi connectivity index (χ2v) is 7.87. The number of nitrogen functional groups attached to an aromatic ring is 1. The zero-order valence-electron chi connectivity index (χ0n) is 14.6. The predicted molar refractivity (Wildman–Crippen MR) is 107 cm³/mol. The first-order valence-electron chi connectivity index (χ1n) is 8.76. The summed E-state index contributed by atoms with van der Waals surface area (Å²) in [5.41, 5.74) is 8.81. The zero-order valence-corrected chi connectivity index (χ0v) is 15.5. The molecule has 4 rings (SSSR count). The second-order valence-electron chi connectivity index (χ2n) is 6.37. The highest BCUT2D eigenvalue weighted by atomic mass is 32.2. The smallest absolute Gasteiger partial charge is 0.141 e. The Balaban J connectivity index is 1.72. The molecule has 0 spiro atoms. The minimum Gasteiger partial charge on any atom is -0.593 e. The molecule has 0 radical (unpaired) electrons. The molecule has 7 heteroatoms. The molecule has 2 N–H and O–H groups in total. The Morgan fingerprint density at radius 3 is 2.63 bits per heavy atom. The average molecular weight is 382 g/mol. The molecular formula is C20H19FN4OS. The second kappa shape index (κ2) is 7.54. The third-order valence-corrected chi connectivity index (χ3v) is 6.09. The van der Waals surface area contributed by atoms with Gasteiger partial charge in [0, 0.05) is 11.1 Å². The summed E-state index contributed by atoms with van der Waals surface area (Å²) in [6, 6.07) is 12.7. The Bertz CT molecular complexity index is 951. The van der Waals surface area contributed by atoms with Crippen LogP contribution in [0.2, 0.25) is 0 Å². The van der Waals surface area contributed by atoms with Crippen LogP contribution in [0.1, 0.15) is 12.8 Å². The van der Waals surface area contributed by atoms with Crippen LogP contribution >= 0.6 is 0 Å². The third-order valence-electron chi connectivity index (χ3n) is 4.58. The molecule has 1 fully saturated rings. The lowest BCUT2D eigenvalue weighted by atomic mass is 10.0. The minimum atomic E-state index is -1.05. The van der Waals surface area contributed by atoms with Crippen molar-refractivity contribution in [3.05, 3.63) is 60.7 Å². The maximum atomic E-state index is 14.8. The van der Waals surface area contributed by atoms with Crippen LogP contribution in [0.25, 0.3) is 22.4 Å². The van der Waals surface area contributed by atoms with E-state index in [0.717, 1.165) is 36.2 Å². The highest BCUT2D eigenvalue weighted by Crippen LogP contribution is 2.35. The van der Waals surface area contributed by atoms with Gasteiger partial charge in [0.15, 0.2) is 0 Å². The number of hydrogen-bond acceptors (Lipinski definition) is 5. The lowest BCUT2D eigenvalue weighted by Gasteiger charge is -2.31. The number of halogens is 1. The third kappa shape index (κ3) is 3.61. The molecule has 1 aliphatic rings. The van der Waals surface area contributed by atoms with E-state index >= 15 is 0 Å². The van der Waals surface area contributed by atoms with Gasteiger partial charge < -0.3 is 10.3 Å². The fourth-order valence-electron chi connectivity index (χ4n) is 3.23. The van der Waals surface area contributed by atoms with Crippen LogP contribution in [0.5, 0.6) is 0 Å². The number of benzene rings is 2. The van der Waals surface area contributed by atoms with Crippen molar-refractivity contribution < 1.29 is 8.94 Å². The lowest BCUT2D eigenvalue weighted by Crippen LogP contribution is -2.38. The van der Waals surface area contributed by atoms with Crippen LogP contribution in [-0.4, -0.2) is 26.8 Å². The normalized spacial score (nSPS) is 17.1. The van der Waals surface area contributed by atoms with Crippen LogP contribution < -0.4 is 10.0 Å². The lowest BCUT2D eigenvalue weighted by molar-refractivity contribution is 0.573. The fourth-order valence-corrected chi connectivity index (χ4v) is 4.61. The van der Waals surface area contributed by atoms with Crippen LogP contribution in [0.3, 0.4) is 0 Å². The molecule has 1 atom stereocenters. The van der Waals surface area contributed by atoms with E-state index in [1.54, 1.807) is 6.07 Å². The summed E-state index contributed by atoms with van der Waals surface area (Å²) >= 11 is -1.05. The minimum absolute atomic E-state index is 0.291. The highest BCUT2D eigenvalue weighted by Gasteiger charge is 2.26. The van der Waals surface area contributed by atoms with Crippen molar-refractivity contribution in [2.45, 2.75) is 12.8 Å². The standard InChI is InChI=1S/C20H19FN4OS/c21-17-11-14(7-8-16(17)18-12-24-20(22)13-23-18)15-5-1-2-6-19(15)25-9-3-4-10-27(25)26/h1-2,5-8,11-13H,3-4,9-10H2,(H2,22,24). The van der Waals surface area contributed by atoms with E-state index in [-0.39, 0.29) is 5.82 Å². The molecule has 0 aliphatic carbocycles. The van der Waals surface area contributed by atoms with E-state index in [1.807, 2.05) is 34.6 Å². The van der Waals surface area contributed by atoms with Gasteiger partial charge in [-0.2, -0.15) is 4.31 Å². The SMILES string of the molecule is Nc1cnc(-c2ccc(-c3ccccc3N3CCCC[S+]3[O-])cc2F)cn1. The summed E-state index contributed by atoms with van der Waals surface area (Å²) in [5.74, 6) is 0.567. The van der Waals surface area contributed by atoms with Crippen LogP contribution in [0, 0.1) is 5.82 Å². The van der Waals surface area contributed by atoms with Crippen LogP contribution in [0.4, 0.5) is 15.9 Å². The molecule has 0 saturated carbocycles. The molecule has 1 unspecified atom stereocenters. The van der Waals surface area contributed by atoms with Crippen molar-refractivity contribution in [1.29, 1.82) is 0 Å². The maximum Gasteiger partial charge on any atom is 0.141 e. The molecule has 138 valence electrons. The van der Waals surface area contributed by atoms with Gasteiger partial charge >= 0.3 is 0 Å². The summed E-state index contributed by atoms with van der Waals surface area (Å²) in [7, 11) is 0. The number of hydrogen-bond donors (Lipinski definition) is 1. The molecule has 2 aromatic carbocycles. The Labute approximate surface area is 160 Å². The number of para-hydroxylation sites is 1. The van der Waals surface area contributed by atoms with E-state index in [1.165, 1.54) is 18.5 Å². The summed E-state index contributed by atoms with van der Waals surface area (Å²) in [6.45, 7) is 0.741. The van der Waals surface area contributed by atoms with E-state index in [9.17, 15) is 8.94 Å². The molecule has 0 bridgehead atoms. The van der Waals surface area contributed by atoms with Gasteiger partial charge in [-0.25, -0.2) is 9.37 Å². The van der Waals surface area contributed by atoms with E-state index in [0.29, 0.717) is 22.8 Å². The number of aromatic nitrogens is 2. The van der Waals surface area contributed by atoms with Gasteiger partial charge in [-0.3, -0.25) is 4.98 Å². The van der Waals surface area contributed by atoms with Gasteiger partial charge in [-0.1, -0.05) is 24.3 Å². The zero-order chi connectivity index (χ0) is 18.8. The molecule has 27 heavy (non-hydrogen) atoms. The Morgan fingerprint density at radius 2 is 1.89 bits per heavy atom. The summed E-state index contributed by atoms with van der Waals surface area (Å²) in [5, 5.41) is 0. The highest BCUT2D eigenvalue weighted by molar-refractivity contribution is 7.92. The summed E-state index contributed by atoms with van der Waals surface area (Å²) in [6.07, 6.45) is 4.84. The monoisotopic (exact) mass is 382 g/mol. The Kier molecular flexibility index (Phi) is 4.96. The van der Waals surface area contributed by atoms with Gasteiger partial charge in [0.25, 0.3) is 0 Å². The first-order valence-corrected chi connectivity index (χ1v) is 10.0. The molecule has 1 aromatic heterocycles. The van der Waals surface area contributed by atoms with E-state index in [2.05, 4.69) is 9.97 Å². The fraction of sp³-hybridized carbons (Fsp3) is 0.200. The van der Waals surface area contributed by atoms with E-state index < -0.39 is 11.4 Å². The molecule has 1 saturated heterocycles. The van der Waals surface area contributed by atoms with Gasteiger partial charge in [0.05, 0.1) is 41.7 Å². The largest absolute Gasteiger partial charge is 0.593 e. The molecule has 2 heterocycles. The topological polar surface area (TPSA) is 78.1 Å². The summed E-state index contributed by atoms with van der Waals surface area (Å²) in [4.78, 5) is 8.11. The molecule has 0 amide bonds. The quantitative estimate of drug-likeness (QED) is 0.697. The van der Waals surface area contributed by atoms with Crippen molar-refractivity contribution in [3.8, 4) is 22.4 Å². The first-order chi connectivity index (χ1) is 13.1. The number of anilines is 2. The average Bonchev–Trinajstić information content (AvgIpc) is 2.69. The van der Waals surface area contributed by atoms with Crippen LogP contribution in [0.15, 0.2) is 54.9 Å². The van der Waals surface area contributed by atoms with Crippen molar-refractivity contribution >= 4 is 22.9 Å². The molecule has 5 nitrogen and oxygen atoms in total. The van der Waals surface area contributed by atoms with Gasteiger partial charge in [-0.15, -0.1) is 0 Å². The van der Waals surface area contributed by atoms with Crippen molar-refractivity contribution in [2.75, 3.05) is 22.3 Å². The van der Waals surface area contributed by atoms with E-state index in [4.69, 9.17) is 5.73 Å². The summed E-state index contributed by atoms with van der Waals surface area (Å²) < 4.78 is 29.2. The molecular weight excluding hydrogens is 363 g/mol. The Hall–Kier alpha value is -2.64. The van der Waals surface area contributed by atoms with Gasteiger partial charge in [0.2, 0.25) is 0 Å². The number of nitrogens with zero attached hydrogens (tertiary/aromatic N) is 3. The van der Waals surface area contributed by atoms with Crippen molar-refractivity contribution in [3.63, 3.8) is 0 Å².